The van der Waals surface area contributed by atoms with Gasteiger partial charge in [-0.15, -0.1) is 0 Å². The molecule has 35 heavy (non-hydrogen) atoms. The molecule has 5 rings (SSSR count). The average Bonchev–Trinajstić information content (AvgIpc) is 3.22. The van der Waals surface area contributed by atoms with Crippen LogP contribution in [0.5, 0.6) is 5.75 Å². The molecule has 3 aromatic carbocycles. The van der Waals surface area contributed by atoms with Gasteiger partial charge >= 0.3 is 0 Å². The molecule has 180 valence electrons. The summed E-state index contributed by atoms with van der Waals surface area (Å²) in [6, 6.07) is 23.4. The number of methoxy groups -OCH3 is 1. The lowest BCUT2D eigenvalue weighted by Gasteiger charge is -2.31. The van der Waals surface area contributed by atoms with Crippen molar-refractivity contribution in [3.63, 3.8) is 0 Å². The Morgan fingerprint density at radius 2 is 1.63 bits per heavy atom. The minimum Gasteiger partial charge on any atom is -0.495 e. The van der Waals surface area contributed by atoms with Gasteiger partial charge in [0.1, 0.15) is 5.75 Å². The fourth-order valence-corrected chi connectivity index (χ4v) is 4.93. The number of Topliss-reactive ketones (excluding diaryl/α,β-unsaturated/α-hetero) is 1. The molecule has 1 amide bonds. The van der Waals surface area contributed by atoms with Gasteiger partial charge in [0.2, 0.25) is 5.91 Å². The lowest BCUT2D eigenvalue weighted by atomic mass is 9.99. The number of ketones is 1. The van der Waals surface area contributed by atoms with E-state index in [1.165, 1.54) is 0 Å². The SMILES string of the molecule is COc1ccc(C(=O)Cc2ccc(-c3ccccc3)cc2)cc1NC(=O)CN1CC2CCC(C1)O2. The number of morpholine rings is 1. The van der Waals surface area contributed by atoms with E-state index < -0.39 is 0 Å². The Morgan fingerprint density at radius 3 is 2.31 bits per heavy atom. The molecule has 2 aliphatic rings. The Balaban J connectivity index is 1.23. The molecule has 2 fully saturated rings. The first-order chi connectivity index (χ1) is 17.1. The van der Waals surface area contributed by atoms with E-state index in [2.05, 4.69) is 22.3 Å². The number of nitrogens with one attached hydrogen (secondary N) is 1. The van der Waals surface area contributed by atoms with Crippen molar-refractivity contribution < 1.29 is 19.1 Å². The summed E-state index contributed by atoms with van der Waals surface area (Å²) in [6.45, 7) is 1.86. The summed E-state index contributed by atoms with van der Waals surface area (Å²) in [5, 5.41) is 2.94. The first-order valence-electron chi connectivity index (χ1n) is 12.1. The molecule has 0 aromatic heterocycles. The van der Waals surface area contributed by atoms with Gasteiger partial charge in [-0.2, -0.15) is 0 Å². The van der Waals surface area contributed by atoms with Gasteiger partial charge in [-0.1, -0.05) is 54.6 Å². The first-order valence-corrected chi connectivity index (χ1v) is 12.1. The highest BCUT2D eigenvalue weighted by Crippen LogP contribution is 2.28. The molecular formula is C29H30N2O4. The molecule has 6 heteroatoms. The van der Waals surface area contributed by atoms with Gasteiger partial charge in [0.15, 0.2) is 5.78 Å². The smallest absolute Gasteiger partial charge is 0.238 e. The third-order valence-electron chi connectivity index (χ3n) is 6.71. The van der Waals surface area contributed by atoms with E-state index in [0.717, 1.165) is 42.6 Å². The number of rotatable bonds is 8. The largest absolute Gasteiger partial charge is 0.495 e. The maximum absolute atomic E-state index is 13.0. The number of likely N-dealkylation sites (tertiary alicyclic amines) is 1. The molecule has 2 aliphatic heterocycles. The summed E-state index contributed by atoms with van der Waals surface area (Å²) in [4.78, 5) is 27.9. The summed E-state index contributed by atoms with van der Waals surface area (Å²) in [5.41, 5.74) is 4.25. The van der Waals surface area contributed by atoms with Crippen molar-refractivity contribution in [2.75, 3.05) is 32.1 Å². The average molecular weight is 471 g/mol. The van der Waals surface area contributed by atoms with Crippen molar-refractivity contribution in [2.45, 2.75) is 31.5 Å². The minimum atomic E-state index is -0.120. The number of nitrogens with zero attached hydrogens (tertiary/aromatic N) is 1. The van der Waals surface area contributed by atoms with E-state index in [9.17, 15) is 9.59 Å². The van der Waals surface area contributed by atoms with Crippen LogP contribution in [0.3, 0.4) is 0 Å². The third kappa shape index (κ3) is 5.61. The lowest BCUT2D eigenvalue weighted by molar-refractivity contribution is -0.119. The summed E-state index contributed by atoms with van der Waals surface area (Å²) in [6.07, 6.45) is 2.88. The van der Waals surface area contributed by atoms with Crippen molar-refractivity contribution in [1.82, 2.24) is 4.90 Å². The van der Waals surface area contributed by atoms with E-state index in [0.29, 0.717) is 23.5 Å². The molecule has 2 bridgehead atoms. The molecule has 0 aliphatic carbocycles. The second-order valence-corrected chi connectivity index (χ2v) is 9.28. The molecular weight excluding hydrogens is 440 g/mol. The van der Waals surface area contributed by atoms with Crippen LogP contribution in [-0.2, 0) is 16.0 Å². The van der Waals surface area contributed by atoms with Crippen LogP contribution in [0.4, 0.5) is 5.69 Å². The topological polar surface area (TPSA) is 67.9 Å². The van der Waals surface area contributed by atoms with Gasteiger partial charge in [0, 0.05) is 25.1 Å². The molecule has 0 saturated carbocycles. The molecule has 2 heterocycles. The molecule has 0 spiro atoms. The monoisotopic (exact) mass is 470 g/mol. The second-order valence-electron chi connectivity index (χ2n) is 9.28. The number of hydrogen-bond acceptors (Lipinski definition) is 5. The van der Waals surface area contributed by atoms with E-state index >= 15 is 0 Å². The van der Waals surface area contributed by atoms with Crippen LogP contribution in [0.15, 0.2) is 72.8 Å². The maximum Gasteiger partial charge on any atom is 0.238 e. The molecule has 2 unspecified atom stereocenters. The van der Waals surface area contributed by atoms with Crippen molar-refractivity contribution >= 4 is 17.4 Å². The maximum atomic E-state index is 13.0. The van der Waals surface area contributed by atoms with E-state index in [4.69, 9.17) is 9.47 Å². The number of ether oxygens (including phenoxy) is 2. The van der Waals surface area contributed by atoms with Crippen LogP contribution >= 0.6 is 0 Å². The van der Waals surface area contributed by atoms with E-state index in [1.807, 2.05) is 42.5 Å². The highest BCUT2D eigenvalue weighted by Gasteiger charge is 2.34. The van der Waals surface area contributed by atoms with Crippen LogP contribution in [0.25, 0.3) is 11.1 Å². The van der Waals surface area contributed by atoms with Gasteiger partial charge in [0.25, 0.3) is 0 Å². The van der Waals surface area contributed by atoms with Gasteiger partial charge in [0.05, 0.1) is 31.5 Å². The predicted octanol–water partition coefficient (Wildman–Crippen LogP) is 4.59. The van der Waals surface area contributed by atoms with Crippen LogP contribution in [0, 0.1) is 0 Å². The predicted molar refractivity (Wildman–Crippen MR) is 136 cm³/mol. The van der Waals surface area contributed by atoms with Crippen LogP contribution in [0.2, 0.25) is 0 Å². The number of carbonyl (C=O) groups excluding carboxylic acids is 2. The van der Waals surface area contributed by atoms with Crippen LogP contribution in [0.1, 0.15) is 28.8 Å². The summed E-state index contributed by atoms with van der Waals surface area (Å²) >= 11 is 0. The summed E-state index contributed by atoms with van der Waals surface area (Å²) in [5.74, 6) is 0.398. The van der Waals surface area contributed by atoms with Gasteiger partial charge < -0.3 is 14.8 Å². The molecule has 2 saturated heterocycles. The molecule has 0 radical (unpaired) electrons. The number of carbonyl (C=O) groups is 2. The Bertz CT molecular complexity index is 1180. The first kappa shape index (κ1) is 23.3. The van der Waals surface area contributed by atoms with E-state index in [-0.39, 0.29) is 30.3 Å². The Labute approximate surface area is 205 Å². The number of fused-ring (bicyclic) bond motifs is 2. The highest BCUT2D eigenvalue weighted by atomic mass is 16.5. The molecule has 6 nitrogen and oxygen atoms in total. The van der Waals surface area contributed by atoms with Crippen LogP contribution < -0.4 is 10.1 Å². The standard InChI is InChI=1S/C29H30N2O4/c1-34-28-14-11-23(16-26(28)30-29(33)19-31-17-24-12-13-25(18-31)35-24)27(32)15-20-7-9-22(10-8-20)21-5-3-2-4-6-21/h2-11,14,16,24-25H,12-13,15,17-19H2,1H3,(H,30,33). The zero-order chi connectivity index (χ0) is 24.2. The molecule has 3 aromatic rings. The second kappa shape index (κ2) is 10.4. The summed E-state index contributed by atoms with van der Waals surface area (Å²) < 4.78 is 11.3. The number of benzene rings is 3. The lowest BCUT2D eigenvalue weighted by Crippen LogP contribution is -2.45. The number of hydrogen-bond donors (Lipinski definition) is 1. The minimum absolute atomic E-state index is 0.0135. The number of anilines is 1. The van der Waals surface area contributed by atoms with E-state index in [1.54, 1.807) is 25.3 Å². The van der Waals surface area contributed by atoms with Crippen molar-refractivity contribution in [3.8, 4) is 16.9 Å². The van der Waals surface area contributed by atoms with Crippen molar-refractivity contribution in [1.29, 1.82) is 0 Å². The quantitative estimate of drug-likeness (QED) is 0.488. The molecule has 1 N–H and O–H groups in total. The Morgan fingerprint density at radius 1 is 0.943 bits per heavy atom. The summed E-state index contributed by atoms with van der Waals surface area (Å²) in [7, 11) is 1.56. The zero-order valence-electron chi connectivity index (χ0n) is 19.9. The molecule has 2 atom stereocenters. The number of amides is 1. The van der Waals surface area contributed by atoms with Crippen molar-refractivity contribution in [2.24, 2.45) is 0 Å². The highest BCUT2D eigenvalue weighted by molar-refractivity contribution is 6.00. The zero-order valence-corrected chi connectivity index (χ0v) is 19.9. The Kier molecular flexibility index (Phi) is 6.93. The van der Waals surface area contributed by atoms with Gasteiger partial charge in [-0.05, 0) is 47.7 Å². The van der Waals surface area contributed by atoms with Crippen LogP contribution in [-0.4, -0.2) is 55.5 Å². The van der Waals surface area contributed by atoms with Gasteiger partial charge in [-0.3, -0.25) is 14.5 Å². The van der Waals surface area contributed by atoms with Crippen molar-refractivity contribution in [3.05, 3.63) is 83.9 Å². The fraction of sp³-hybridized carbons (Fsp3) is 0.310. The third-order valence-corrected chi connectivity index (χ3v) is 6.71. The Hall–Kier alpha value is -3.48. The normalized spacial score (nSPS) is 19.3. The van der Waals surface area contributed by atoms with Gasteiger partial charge in [-0.25, -0.2) is 0 Å². The fourth-order valence-electron chi connectivity index (χ4n) is 4.93.